The molecule has 1 aromatic carbocycles. The Morgan fingerprint density at radius 3 is 2.65 bits per heavy atom. The second-order valence-corrected chi connectivity index (χ2v) is 12.3. The molecule has 0 saturated heterocycles. The Morgan fingerprint density at radius 2 is 2.03 bits per heavy atom. The summed E-state index contributed by atoms with van der Waals surface area (Å²) in [4.78, 5) is 28.1. The maximum Gasteiger partial charge on any atom is 0.272 e. The van der Waals surface area contributed by atoms with Gasteiger partial charge in [0.25, 0.3) is 11.8 Å². The van der Waals surface area contributed by atoms with E-state index in [1.165, 1.54) is 4.68 Å². The van der Waals surface area contributed by atoms with Crippen molar-refractivity contribution < 1.29 is 14.7 Å². The standard InChI is InChI=1S/C24H32ClN5O3S/c1-23(2,18(31)12-26)34-24(9-10-24)14-30-11-8-17-19(28-29(3)20(17)22(30)33)21(32)27-13-15-4-6-16(25)7-5-15/h4-7,18,31H,8-14,26H2,1-3H3,(H,27,32). The van der Waals surface area contributed by atoms with Gasteiger partial charge in [0.05, 0.1) is 6.10 Å². The molecule has 2 aromatic rings. The van der Waals surface area contributed by atoms with E-state index in [-0.39, 0.29) is 23.1 Å². The summed E-state index contributed by atoms with van der Waals surface area (Å²) in [6.07, 6.45) is 1.97. The number of nitrogens with zero attached hydrogens (tertiary/aromatic N) is 3. The molecule has 0 bridgehead atoms. The Bertz CT molecular complexity index is 1080. The number of fused-ring (bicyclic) bond motifs is 1. The number of aliphatic hydroxyl groups is 1. The van der Waals surface area contributed by atoms with Crippen molar-refractivity contribution in [3.05, 3.63) is 51.8 Å². The van der Waals surface area contributed by atoms with Gasteiger partial charge in [-0.2, -0.15) is 5.10 Å². The molecule has 1 aromatic heterocycles. The van der Waals surface area contributed by atoms with E-state index in [0.717, 1.165) is 18.4 Å². The second-order valence-electron chi connectivity index (χ2n) is 9.73. The largest absolute Gasteiger partial charge is 0.390 e. The Morgan fingerprint density at radius 1 is 1.35 bits per heavy atom. The van der Waals surface area contributed by atoms with Crippen LogP contribution in [0.3, 0.4) is 0 Å². The monoisotopic (exact) mass is 505 g/mol. The van der Waals surface area contributed by atoms with Crippen LogP contribution < -0.4 is 11.1 Å². The van der Waals surface area contributed by atoms with Gasteiger partial charge >= 0.3 is 0 Å². The minimum absolute atomic E-state index is 0.0653. The SMILES string of the molecule is Cn1nc(C(=O)NCc2ccc(Cl)cc2)c2c1C(=O)N(CC1(SC(C)(C)C(O)CN)CC1)CC2. The number of rotatable bonds is 9. The number of carbonyl (C=O) groups excluding carboxylic acids is 2. The van der Waals surface area contributed by atoms with E-state index in [1.54, 1.807) is 30.9 Å². The molecule has 184 valence electrons. The molecule has 34 heavy (non-hydrogen) atoms. The number of aliphatic hydroxyl groups excluding tert-OH is 1. The molecule has 8 nitrogen and oxygen atoms in total. The summed E-state index contributed by atoms with van der Waals surface area (Å²) in [5, 5.41) is 18.2. The molecule has 1 unspecified atom stereocenters. The first-order chi connectivity index (χ1) is 16.0. The number of carbonyl (C=O) groups is 2. The highest BCUT2D eigenvalue weighted by Gasteiger charge is 2.51. The summed E-state index contributed by atoms with van der Waals surface area (Å²) < 4.78 is 1.07. The second kappa shape index (κ2) is 9.53. The van der Waals surface area contributed by atoms with Crippen molar-refractivity contribution >= 4 is 35.2 Å². The molecule has 2 heterocycles. The van der Waals surface area contributed by atoms with Crippen LogP contribution in [-0.4, -0.2) is 66.8 Å². The van der Waals surface area contributed by atoms with Gasteiger partial charge in [-0.15, -0.1) is 11.8 Å². The molecule has 0 spiro atoms. The van der Waals surface area contributed by atoms with E-state index < -0.39 is 10.9 Å². The zero-order valence-corrected chi connectivity index (χ0v) is 21.4. The fourth-order valence-corrected chi connectivity index (χ4v) is 6.46. The van der Waals surface area contributed by atoms with E-state index in [9.17, 15) is 14.7 Å². The normalized spacial score (nSPS) is 17.9. The van der Waals surface area contributed by atoms with Crippen molar-refractivity contribution in [2.24, 2.45) is 12.8 Å². The number of thioether (sulfide) groups is 1. The van der Waals surface area contributed by atoms with Gasteiger partial charge in [-0.3, -0.25) is 14.3 Å². The first-order valence-corrected chi connectivity index (χ1v) is 12.7. The fourth-order valence-electron chi connectivity index (χ4n) is 4.46. The van der Waals surface area contributed by atoms with E-state index in [4.69, 9.17) is 17.3 Å². The molecule has 1 fully saturated rings. The molecule has 4 N–H and O–H groups in total. The van der Waals surface area contributed by atoms with Gasteiger partial charge in [0.1, 0.15) is 5.69 Å². The van der Waals surface area contributed by atoms with Gasteiger partial charge in [0, 0.05) is 53.3 Å². The zero-order chi connectivity index (χ0) is 24.7. The molecular weight excluding hydrogens is 474 g/mol. The first kappa shape index (κ1) is 25.0. The number of hydrogen-bond donors (Lipinski definition) is 3. The minimum Gasteiger partial charge on any atom is -0.390 e. The highest BCUT2D eigenvalue weighted by atomic mass is 35.5. The molecule has 0 radical (unpaired) electrons. The molecule has 1 atom stereocenters. The van der Waals surface area contributed by atoms with Crippen LogP contribution >= 0.6 is 23.4 Å². The third kappa shape index (κ3) is 5.12. The fraction of sp³-hybridized carbons (Fsp3) is 0.542. The Labute approximate surface area is 209 Å². The van der Waals surface area contributed by atoms with Crippen LogP contribution in [0.25, 0.3) is 0 Å². The van der Waals surface area contributed by atoms with Crippen LogP contribution in [0.2, 0.25) is 5.02 Å². The number of nitrogens with two attached hydrogens (primary N) is 1. The number of benzene rings is 1. The molecule has 1 saturated carbocycles. The summed E-state index contributed by atoms with van der Waals surface area (Å²) in [5.74, 6) is -0.392. The smallest absolute Gasteiger partial charge is 0.272 e. The number of nitrogens with one attached hydrogen (secondary N) is 1. The van der Waals surface area contributed by atoms with Crippen molar-refractivity contribution in [2.75, 3.05) is 19.6 Å². The Balaban J connectivity index is 1.44. The summed E-state index contributed by atoms with van der Waals surface area (Å²) in [5.41, 5.74) is 8.10. The number of hydrogen-bond acceptors (Lipinski definition) is 6. The number of halogens is 1. The van der Waals surface area contributed by atoms with E-state index in [2.05, 4.69) is 10.4 Å². The summed E-state index contributed by atoms with van der Waals surface area (Å²) in [6, 6.07) is 7.28. The van der Waals surface area contributed by atoms with E-state index in [0.29, 0.717) is 48.0 Å². The number of amides is 2. The molecular formula is C24H32ClN5O3S. The average Bonchev–Trinajstić information content (AvgIpc) is 3.45. The zero-order valence-electron chi connectivity index (χ0n) is 19.8. The van der Waals surface area contributed by atoms with Gasteiger partial charge in [-0.1, -0.05) is 23.7 Å². The predicted molar refractivity (Wildman–Crippen MR) is 134 cm³/mol. The predicted octanol–water partition coefficient (Wildman–Crippen LogP) is 2.37. The maximum absolute atomic E-state index is 13.4. The van der Waals surface area contributed by atoms with E-state index >= 15 is 0 Å². The summed E-state index contributed by atoms with van der Waals surface area (Å²) in [6.45, 7) is 5.71. The van der Waals surface area contributed by atoms with Crippen LogP contribution in [0.5, 0.6) is 0 Å². The van der Waals surface area contributed by atoms with Crippen molar-refractivity contribution in [1.82, 2.24) is 20.0 Å². The van der Waals surface area contributed by atoms with E-state index in [1.807, 2.05) is 30.9 Å². The van der Waals surface area contributed by atoms with Gasteiger partial charge < -0.3 is 21.1 Å². The molecule has 1 aliphatic heterocycles. The van der Waals surface area contributed by atoms with Crippen LogP contribution in [0.1, 0.15) is 58.8 Å². The lowest BCUT2D eigenvalue weighted by molar-refractivity contribution is 0.0725. The number of aromatic nitrogens is 2. The highest BCUT2D eigenvalue weighted by Crippen LogP contribution is 2.54. The molecule has 4 rings (SSSR count). The third-order valence-corrected chi connectivity index (χ3v) is 8.66. The van der Waals surface area contributed by atoms with Crippen LogP contribution in [-0.2, 0) is 20.0 Å². The van der Waals surface area contributed by atoms with Crippen molar-refractivity contribution in [2.45, 2.75) is 55.3 Å². The van der Waals surface area contributed by atoms with Crippen LogP contribution in [0, 0.1) is 0 Å². The van der Waals surface area contributed by atoms with Crippen molar-refractivity contribution in [3.63, 3.8) is 0 Å². The van der Waals surface area contributed by atoms with Gasteiger partial charge in [0.2, 0.25) is 0 Å². The van der Waals surface area contributed by atoms with Gasteiger partial charge in [-0.05, 0) is 50.8 Å². The molecule has 1 aliphatic carbocycles. The van der Waals surface area contributed by atoms with Crippen molar-refractivity contribution in [1.29, 1.82) is 0 Å². The summed E-state index contributed by atoms with van der Waals surface area (Å²) >= 11 is 7.65. The topological polar surface area (TPSA) is 113 Å². The van der Waals surface area contributed by atoms with Crippen molar-refractivity contribution in [3.8, 4) is 0 Å². The van der Waals surface area contributed by atoms with Crippen LogP contribution in [0.4, 0.5) is 0 Å². The van der Waals surface area contributed by atoms with Gasteiger partial charge in [0.15, 0.2) is 5.69 Å². The lowest BCUT2D eigenvalue weighted by Crippen LogP contribution is -2.46. The lowest BCUT2D eigenvalue weighted by Gasteiger charge is -2.36. The minimum atomic E-state index is -0.607. The lowest BCUT2D eigenvalue weighted by atomic mass is 10.0. The highest BCUT2D eigenvalue weighted by molar-refractivity contribution is 8.02. The Kier molecular flexibility index (Phi) is 7.01. The molecule has 10 heteroatoms. The third-order valence-electron chi connectivity index (χ3n) is 6.64. The van der Waals surface area contributed by atoms with Gasteiger partial charge in [-0.25, -0.2) is 0 Å². The molecule has 2 aliphatic rings. The first-order valence-electron chi connectivity index (χ1n) is 11.5. The quantitative estimate of drug-likeness (QED) is 0.482. The van der Waals surface area contributed by atoms with Crippen LogP contribution in [0.15, 0.2) is 24.3 Å². The average molecular weight is 506 g/mol. The Hall–Kier alpha value is -2.07. The maximum atomic E-state index is 13.4. The molecule has 2 amide bonds. The summed E-state index contributed by atoms with van der Waals surface area (Å²) in [7, 11) is 1.71. The number of aryl methyl sites for hydroxylation is 1.